The number of amides is 1. The third kappa shape index (κ3) is 8.39. The van der Waals surface area contributed by atoms with Crippen molar-refractivity contribution in [1.29, 1.82) is 0 Å². The Labute approximate surface area is 259 Å². The predicted octanol–water partition coefficient (Wildman–Crippen LogP) is 6.03. The van der Waals surface area contributed by atoms with Crippen LogP contribution in [0.4, 0.5) is 26.4 Å². The number of likely N-dealkylation sites (N-methyl/N-ethyl adjacent to an activating group) is 1. The fourth-order valence-electron chi connectivity index (χ4n) is 5.07. The first kappa shape index (κ1) is 34.1. The molecule has 1 aromatic carbocycles. The van der Waals surface area contributed by atoms with Gasteiger partial charge in [0.2, 0.25) is 11.8 Å². The molecule has 0 saturated heterocycles. The summed E-state index contributed by atoms with van der Waals surface area (Å²) >= 11 is 0. The van der Waals surface area contributed by atoms with Crippen molar-refractivity contribution in [2.24, 2.45) is 4.99 Å². The number of hydrogen-bond acceptors (Lipinski definition) is 10. The molecule has 12 heteroatoms. The maximum absolute atomic E-state index is 13.0. The second-order valence-electron chi connectivity index (χ2n) is 11.3. The zero-order chi connectivity index (χ0) is 32.4. The summed E-state index contributed by atoms with van der Waals surface area (Å²) in [7, 11) is 2.07. The van der Waals surface area contributed by atoms with E-state index in [1.807, 2.05) is 47.7 Å². The summed E-state index contributed by atoms with van der Waals surface area (Å²) in [6.07, 6.45) is 3.41. The van der Waals surface area contributed by atoms with E-state index < -0.39 is 5.60 Å². The summed E-state index contributed by atoms with van der Waals surface area (Å²) < 4.78 is 21.4. The number of pyridine rings is 1. The molecule has 3 aliphatic rings. The molecule has 1 amide bonds. The number of fused-ring (bicyclic) bond motifs is 1. The monoisotopic (exact) mass is 612 g/mol. The van der Waals surface area contributed by atoms with Gasteiger partial charge in [0.25, 0.3) is 0 Å². The van der Waals surface area contributed by atoms with Crippen LogP contribution in [0.25, 0.3) is 0 Å². The Balaban J connectivity index is 0.000000816. The number of rotatable bonds is 4. The Morgan fingerprint density at radius 1 is 1.16 bits per heavy atom. The lowest BCUT2D eigenvalue weighted by Crippen LogP contribution is -2.43. The Kier molecular flexibility index (Phi) is 11.9. The van der Waals surface area contributed by atoms with Gasteiger partial charge in [-0.2, -0.15) is 0 Å². The van der Waals surface area contributed by atoms with Crippen LogP contribution in [0.3, 0.4) is 0 Å². The van der Waals surface area contributed by atoms with E-state index in [-0.39, 0.29) is 12.6 Å². The van der Waals surface area contributed by atoms with Gasteiger partial charge in [-0.15, -0.1) is 0 Å². The number of carbonyl (C=O) groups is 2. The van der Waals surface area contributed by atoms with E-state index in [2.05, 4.69) is 63.3 Å². The molecule has 5 rings (SSSR count). The van der Waals surface area contributed by atoms with Crippen LogP contribution in [-0.2, 0) is 20.9 Å². The van der Waals surface area contributed by atoms with Gasteiger partial charge < -0.3 is 24.6 Å². The number of carbonyl (C=O) groups excluding carboxylic acids is 2. The minimum atomic E-state index is -0.583. The van der Waals surface area contributed by atoms with Crippen LogP contribution in [-0.4, -0.2) is 73.8 Å². The summed E-state index contributed by atoms with van der Waals surface area (Å²) in [5.41, 5.74) is 6.82. The summed E-state index contributed by atoms with van der Waals surface area (Å²) in [5.74, 6) is 1.32. The maximum Gasteiger partial charge on any atom is 0.415 e. The molecule has 1 aromatic heterocycles. The zero-order valence-electron chi connectivity index (χ0n) is 27.1. The quantitative estimate of drug-likeness (QED) is 0.414. The van der Waals surface area contributed by atoms with E-state index in [0.29, 0.717) is 31.3 Å². The van der Waals surface area contributed by atoms with Crippen molar-refractivity contribution in [1.82, 2.24) is 9.88 Å². The lowest BCUT2D eigenvalue weighted by Gasteiger charge is -2.38. The van der Waals surface area contributed by atoms with Gasteiger partial charge in [-0.3, -0.25) is 14.6 Å². The van der Waals surface area contributed by atoms with Crippen LogP contribution in [0.2, 0.25) is 0 Å². The number of ether oxygens (including phenoxy) is 2. The summed E-state index contributed by atoms with van der Waals surface area (Å²) in [4.78, 5) is 39.7. The number of benzene rings is 1. The molecule has 0 atom stereocenters. The molecule has 4 heterocycles. The Morgan fingerprint density at radius 2 is 1.84 bits per heavy atom. The van der Waals surface area contributed by atoms with E-state index in [1.54, 1.807) is 4.90 Å². The van der Waals surface area contributed by atoms with E-state index in [4.69, 9.17) is 19.3 Å². The molecule has 0 fully saturated rings. The molecule has 240 valence electrons. The molecular weight excluding hydrogens is 567 g/mol. The Bertz CT molecular complexity index is 1360. The molecule has 2 aromatic rings. The fourth-order valence-corrected chi connectivity index (χ4v) is 5.07. The number of anilines is 3. The normalized spacial score (nSPS) is 15.7. The van der Waals surface area contributed by atoms with Gasteiger partial charge in [0, 0.05) is 35.9 Å². The smallest absolute Gasteiger partial charge is 0.415 e. The zero-order valence-corrected chi connectivity index (χ0v) is 27.1. The first-order valence-corrected chi connectivity index (χ1v) is 15.0. The minimum absolute atomic E-state index is 0.292. The van der Waals surface area contributed by atoms with Crippen molar-refractivity contribution in [2.45, 2.75) is 66.9 Å². The van der Waals surface area contributed by atoms with Crippen LogP contribution < -0.4 is 19.9 Å². The van der Waals surface area contributed by atoms with Gasteiger partial charge >= 0.3 is 12.6 Å². The highest BCUT2D eigenvalue weighted by atomic mass is 19.3. The number of aryl methyl sites for hydroxylation is 1. The second-order valence-corrected chi connectivity index (χ2v) is 11.3. The highest BCUT2D eigenvalue weighted by Gasteiger charge is 2.33. The van der Waals surface area contributed by atoms with Gasteiger partial charge in [0.15, 0.2) is 0 Å². The molecule has 44 heavy (non-hydrogen) atoms. The van der Waals surface area contributed by atoms with Gasteiger partial charge in [-0.1, -0.05) is 32.9 Å². The predicted molar refractivity (Wildman–Crippen MR) is 171 cm³/mol. The van der Waals surface area contributed by atoms with Crippen molar-refractivity contribution in [3.63, 3.8) is 0 Å². The van der Waals surface area contributed by atoms with Crippen LogP contribution in [0.15, 0.2) is 46.7 Å². The third-order valence-corrected chi connectivity index (χ3v) is 7.14. The van der Waals surface area contributed by atoms with Crippen molar-refractivity contribution in [3.05, 3.63) is 52.9 Å². The van der Waals surface area contributed by atoms with Crippen molar-refractivity contribution in [2.75, 3.05) is 55.0 Å². The Morgan fingerprint density at radius 3 is 2.45 bits per heavy atom. The highest BCUT2D eigenvalue weighted by Crippen LogP contribution is 2.40. The van der Waals surface area contributed by atoms with E-state index in [0.717, 1.165) is 54.5 Å². The number of guanidine groups is 1. The van der Waals surface area contributed by atoms with Crippen molar-refractivity contribution >= 4 is 35.6 Å². The highest BCUT2D eigenvalue weighted by molar-refractivity contribution is 5.95. The van der Waals surface area contributed by atoms with Crippen LogP contribution in [0, 0.1) is 6.92 Å². The average molecular weight is 613 g/mol. The first-order chi connectivity index (χ1) is 21.0. The van der Waals surface area contributed by atoms with E-state index in [9.17, 15) is 9.32 Å². The standard InChI is InChI=1S/C29H38N6O3.C2H6.CHFO2/c1-7-20-8-10-22(11-9-20)31-27-32-23-18-34(13-12-21(23)17-33(27)6)24-16-30-26-25(19(24)2)35(14-15-37-26)28(36)38-29(3,4)5;1-2;2-4-1-3/h8-11,16H,7,12-15,17-18H2,1-6H3,(H,31,32);1-2H3;1H. The second kappa shape index (κ2) is 15.4. The Hall–Kier alpha value is -4.35. The lowest BCUT2D eigenvalue weighted by molar-refractivity contribution is -0.165. The summed E-state index contributed by atoms with van der Waals surface area (Å²) in [6.45, 7) is 16.7. The number of aliphatic imine (C=N–C) groups is 1. The number of aromatic nitrogens is 1. The first-order valence-electron chi connectivity index (χ1n) is 15.0. The SMILES string of the molecule is CC.CCc1ccc(NC2=NC3=C(CCN(c4cnc5c(c4C)N(C(=O)OC(C)(C)C)CCO5)C3)CN2C)cc1.O=COF. The number of hydrogen-bond donors (Lipinski definition) is 1. The van der Waals surface area contributed by atoms with Crippen LogP contribution in [0.1, 0.15) is 59.1 Å². The maximum atomic E-state index is 13.0. The summed E-state index contributed by atoms with van der Waals surface area (Å²) in [6, 6.07) is 8.50. The van der Waals surface area contributed by atoms with E-state index >= 15 is 0 Å². The molecule has 0 aliphatic carbocycles. The molecule has 1 N–H and O–H groups in total. The number of halogens is 1. The molecule has 0 unspecified atom stereocenters. The van der Waals surface area contributed by atoms with Gasteiger partial charge in [-0.25, -0.2) is 14.8 Å². The molecule has 0 saturated carbocycles. The average Bonchev–Trinajstić information content (AvgIpc) is 3.02. The molecule has 0 bridgehead atoms. The van der Waals surface area contributed by atoms with Gasteiger partial charge in [0.1, 0.15) is 17.9 Å². The molecule has 0 radical (unpaired) electrons. The largest absolute Gasteiger partial charge is 0.474 e. The van der Waals surface area contributed by atoms with Crippen molar-refractivity contribution in [3.8, 4) is 5.88 Å². The molecular formula is C32H45FN6O5. The molecule has 3 aliphatic heterocycles. The summed E-state index contributed by atoms with van der Waals surface area (Å²) in [5, 5.41) is 3.49. The van der Waals surface area contributed by atoms with Gasteiger partial charge in [-0.05, 0) is 63.8 Å². The molecule has 11 nitrogen and oxygen atoms in total. The van der Waals surface area contributed by atoms with Crippen LogP contribution in [0.5, 0.6) is 5.88 Å². The third-order valence-electron chi connectivity index (χ3n) is 7.14. The minimum Gasteiger partial charge on any atom is -0.474 e. The van der Waals surface area contributed by atoms with Gasteiger partial charge in [0.05, 0.1) is 30.7 Å². The number of nitrogens with zero attached hydrogens (tertiary/aromatic N) is 5. The van der Waals surface area contributed by atoms with Crippen molar-refractivity contribution < 1.29 is 28.5 Å². The molecule has 0 spiro atoms. The fraction of sp³-hybridized carbons (Fsp3) is 0.500. The van der Waals surface area contributed by atoms with Crippen LogP contribution >= 0.6 is 0 Å². The van der Waals surface area contributed by atoms with E-state index in [1.165, 1.54) is 11.1 Å². The lowest BCUT2D eigenvalue weighted by atomic mass is 10.0. The topological polar surface area (TPSA) is 109 Å². The number of nitrogens with one attached hydrogen (secondary N) is 1.